The number of esters is 2. The molecule has 3 aromatic carbocycles. The first-order valence-electron chi connectivity index (χ1n) is 13.8. The first-order valence-corrected chi connectivity index (χ1v) is 13.8. The fourth-order valence-corrected chi connectivity index (χ4v) is 5.23. The van der Waals surface area contributed by atoms with Gasteiger partial charge in [-0.3, -0.25) is 0 Å². The number of aromatic nitrogens is 1. The predicted octanol–water partition coefficient (Wildman–Crippen LogP) is 7.58. The Kier molecular flexibility index (Phi) is 9.39. The fraction of sp³-hybridized carbons (Fsp3) is 0.257. The Hall–Kier alpha value is -4.38. The second-order valence-corrected chi connectivity index (χ2v) is 9.90. The Morgan fingerprint density at radius 3 is 1.93 bits per heavy atom. The molecule has 0 aliphatic heterocycles. The molecule has 0 bridgehead atoms. The van der Waals surface area contributed by atoms with Crippen LogP contribution in [0.15, 0.2) is 72.8 Å². The van der Waals surface area contributed by atoms with Gasteiger partial charge in [0.25, 0.3) is 0 Å². The summed E-state index contributed by atoms with van der Waals surface area (Å²) in [6.45, 7) is 10.6. The fourth-order valence-electron chi connectivity index (χ4n) is 5.23. The second-order valence-electron chi connectivity index (χ2n) is 9.90. The van der Waals surface area contributed by atoms with Crippen LogP contribution in [0.2, 0.25) is 0 Å². The van der Waals surface area contributed by atoms with E-state index in [4.69, 9.17) is 9.47 Å². The van der Waals surface area contributed by atoms with E-state index in [1.807, 2.05) is 77.4 Å². The van der Waals surface area contributed by atoms with Crippen molar-refractivity contribution in [3.05, 3.63) is 129 Å². The van der Waals surface area contributed by atoms with Crippen molar-refractivity contribution in [3.63, 3.8) is 0 Å². The Morgan fingerprint density at radius 2 is 1.32 bits per heavy atom. The maximum atomic E-state index is 13.6. The monoisotopic (exact) mass is 535 g/mol. The molecule has 1 aromatic heterocycles. The second kappa shape index (κ2) is 13.1. The van der Waals surface area contributed by atoms with Crippen molar-refractivity contribution in [2.24, 2.45) is 0 Å². The van der Waals surface area contributed by atoms with E-state index in [1.165, 1.54) is 5.56 Å². The SMILES string of the molecule is CCOC(=O)c1c(Cc2c(C)cc(C)cc2C)c(/C=C\c2ccccc2)n(Cc2ccccc2)c1C(=O)OCC. The van der Waals surface area contributed by atoms with Gasteiger partial charge in [-0.1, -0.05) is 84.4 Å². The molecule has 0 spiro atoms. The lowest BCUT2D eigenvalue weighted by molar-refractivity contribution is 0.0470. The lowest BCUT2D eigenvalue weighted by Gasteiger charge is -2.14. The molecule has 0 saturated carbocycles. The molecule has 5 heteroatoms. The molecule has 1 heterocycles. The van der Waals surface area contributed by atoms with Crippen LogP contribution in [0, 0.1) is 20.8 Å². The number of hydrogen-bond acceptors (Lipinski definition) is 4. The van der Waals surface area contributed by atoms with Crippen LogP contribution in [-0.2, 0) is 22.4 Å². The van der Waals surface area contributed by atoms with E-state index in [2.05, 4.69) is 32.9 Å². The highest BCUT2D eigenvalue weighted by molar-refractivity contribution is 6.05. The Morgan fingerprint density at radius 1 is 0.750 bits per heavy atom. The highest BCUT2D eigenvalue weighted by Gasteiger charge is 2.32. The van der Waals surface area contributed by atoms with Gasteiger partial charge in [-0.05, 0) is 74.1 Å². The lowest BCUT2D eigenvalue weighted by Crippen LogP contribution is -2.18. The van der Waals surface area contributed by atoms with Crippen molar-refractivity contribution in [1.82, 2.24) is 4.57 Å². The third-order valence-electron chi connectivity index (χ3n) is 6.97. The Balaban J connectivity index is 2.05. The van der Waals surface area contributed by atoms with Crippen LogP contribution < -0.4 is 0 Å². The quantitative estimate of drug-likeness (QED) is 0.197. The molecule has 0 amide bonds. The molecular weight excluding hydrogens is 498 g/mol. The van der Waals surface area contributed by atoms with Gasteiger partial charge in [0.15, 0.2) is 0 Å². The topological polar surface area (TPSA) is 57.5 Å². The summed E-state index contributed by atoms with van der Waals surface area (Å²) in [5.74, 6) is -1.07. The van der Waals surface area contributed by atoms with Crippen molar-refractivity contribution in [1.29, 1.82) is 0 Å². The first kappa shape index (κ1) is 28.6. The zero-order valence-electron chi connectivity index (χ0n) is 24.0. The van der Waals surface area contributed by atoms with Gasteiger partial charge in [-0.25, -0.2) is 9.59 Å². The molecule has 0 unspecified atom stereocenters. The van der Waals surface area contributed by atoms with E-state index in [9.17, 15) is 9.59 Å². The summed E-state index contributed by atoms with van der Waals surface area (Å²) >= 11 is 0. The number of rotatable bonds is 10. The summed E-state index contributed by atoms with van der Waals surface area (Å²) in [5, 5.41) is 0. The molecule has 206 valence electrons. The minimum atomic E-state index is -0.542. The number of aryl methyl sites for hydroxylation is 3. The molecule has 0 atom stereocenters. The van der Waals surface area contributed by atoms with Crippen LogP contribution in [-0.4, -0.2) is 29.7 Å². The molecule has 0 aliphatic rings. The number of carbonyl (C=O) groups excluding carboxylic acids is 2. The highest BCUT2D eigenvalue weighted by Crippen LogP contribution is 2.32. The maximum Gasteiger partial charge on any atom is 0.355 e. The number of carbonyl (C=O) groups is 2. The van der Waals surface area contributed by atoms with Crippen LogP contribution in [0.25, 0.3) is 12.2 Å². The smallest absolute Gasteiger partial charge is 0.355 e. The molecule has 0 N–H and O–H groups in total. The van der Waals surface area contributed by atoms with Crippen LogP contribution >= 0.6 is 0 Å². The van der Waals surface area contributed by atoms with E-state index < -0.39 is 11.9 Å². The summed E-state index contributed by atoms with van der Waals surface area (Å²) in [6, 6.07) is 24.2. The van der Waals surface area contributed by atoms with Gasteiger partial charge in [-0.15, -0.1) is 0 Å². The molecule has 40 heavy (non-hydrogen) atoms. The minimum absolute atomic E-state index is 0.193. The third-order valence-corrected chi connectivity index (χ3v) is 6.97. The Bertz CT molecular complexity index is 1490. The van der Waals surface area contributed by atoms with Crippen molar-refractivity contribution in [3.8, 4) is 0 Å². The molecule has 0 saturated heterocycles. The number of benzene rings is 3. The standard InChI is InChI=1S/C35H37NO4/c1-6-39-34(37)32-30(22-29-25(4)20-24(3)21-26(29)5)31(19-18-27-14-10-8-11-15-27)36(33(32)35(38)40-7-2)23-28-16-12-9-13-17-28/h8-21H,6-7,22-23H2,1-5H3/b19-18-. The summed E-state index contributed by atoms with van der Waals surface area (Å²) in [4.78, 5) is 27.2. The predicted molar refractivity (Wildman–Crippen MR) is 161 cm³/mol. The third kappa shape index (κ3) is 6.42. The van der Waals surface area contributed by atoms with Gasteiger partial charge in [0.1, 0.15) is 5.69 Å². The van der Waals surface area contributed by atoms with E-state index in [0.717, 1.165) is 39.1 Å². The largest absolute Gasteiger partial charge is 0.462 e. The summed E-state index contributed by atoms with van der Waals surface area (Å²) in [6.07, 6.45) is 4.48. The molecule has 4 rings (SSSR count). The lowest BCUT2D eigenvalue weighted by atomic mass is 9.92. The Labute approximate surface area is 237 Å². The van der Waals surface area contributed by atoms with E-state index in [0.29, 0.717) is 13.0 Å². The van der Waals surface area contributed by atoms with Gasteiger partial charge in [-0.2, -0.15) is 0 Å². The molecule has 0 aliphatic carbocycles. The summed E-state index contributed by atoms with van der Waals surface area (Å²) in [7, 11) is 0. The summed E-state index contributed by atoms with van der Waals surface area (Å²) in [5.41, 5.74) is 8.61. The highest BCUT2D eigenvalue weighted by atomic mass is 16.5. The molecule has 0 radical (unpaired) electrons. The van der Waals surface area contributed by atoms with Crippen LogP contribution in [0.4, 0.5) is 0 Å². The van der Waals surface area contributed by atoms with Crippen molar-refractivity contribution in [2.75, 3.05) is 13.2 Å². The molecule has 0 fully saturated rings. The minimum Gasteiger partial charge on any atom is -0.462 e. The first-order chi connectivity index (χ1) is 19.3. The number of hydrogen-bond donors (Lipinski definition) is 0. The average molecular weight is 536 g/mol. The van der Waals surface area contributed by atoms with E-state index >= 15 is 0 Å². The number of nitrogens with zero attached hydrogens (tertiary/aromatic N) is 1. The number of ether oxygens (including phenoxy) is 2. The van der Waals surface area contributed by atoms with Gasteiger partial charge in [0.2, 0.25) is 0 Å². The summed E-state index contributed by atoms with van der Waals surface area (Å²) < 4.78 is 13.0. The normalized spacial score (nSPS) is 11.1. The van der Waals surface area contributed by atoms with Crippen molar-refractivity contribution >= 4 is 24.1 Å². The van der Waals surface area contributed by atoms with Gasteiger partial charge in [0.05, 0.1) is 18.8 Å². The van der Waals surface area contributed by atoms with Crippen LogP contribution in [0.5, 0.6) is 0 Å². The average Bonchev–Trinajstić information content (AvgIpc) is 3.23. The molecule has 5 nitrogen and oxygen atoms in total. The molecular formula is C35H37NO4. The van der Waals surface area contributed by atoms with Crippen molar-refractivity contribution < 1.29 is 19.1 Å². The molecule has 4 aromatic rings. The van der Waals surface area contributed by atoms with Gasteiger partial charge in [0, 0.05) is 18.7 Å². The van der Waals surface area contributed by atoms with E-state index in [1.54, 1.807) is 13.8 Å². The van der Waals surface area contributed by atoms with Gasteiger partial charge >= 0.3 is 11.9 Å². The van der Waals surface area contributed by atoms with Crippen LogP contribution in [0.3, 0.4) is 0 Å². The zero-order valence-corrected chi connectivity index (χ0v) is 24.0. The van der Waals surface area contributed by atoms with Crippen LogP contribution in [0.1, 0.15) is 79.3 Å². The zero-order chi connectivity index (χ0) is 28.6. The maximum absolute atomic E-state index is 13.6. The van der Waals surface area contributed by atoms with Gasteiger partial charge < -0.3 is 14.0 Å². The van der Waals surface area contributed by atoms with Crippen molar-refractivity contribution in [2.45, 2.75) is 47.6 Å². The van der Waals surface area contributed by atoms with E-state index in [-0.39, 0.29) is 24.5 Å².